The number of carbonyl (C=O) groups is 6. The summed E-state index contributed by atoms with van der Waals surface area (Å²) in [4.78, 5) is 82.6. The van der Waals surface area contributed by atoms with Crippen molar-refractivity contribution in [2.75, 3.05) is 62.4 Å². The van der Waals surface area contributed by atoms with Crippen LogP contribution in [0.25, 0.3) is 0 Å². The maximum absolute atomic E-state index is 14.4. The van der Waals surface area contributed by atoms with Crippen molar-refractivity contribution in [3.8, 4) is 0 Å². The number of rotatable bonds is 20. The number of aliphatic hydroxyl groups excluding tert-OH is 9. The molecule has 0 aliphatic carbocycles. The van der Waals surface area contributed by atoms with E-state index in [4.69, 9.17) is 11.5 Å². The summed E-state index contributed by atoms with van der Waals surface area (Å²) in [6.07, 6.45) is -9.09. The molecular weight excluding hydrogens is 1460 g/mol. The molecule has 0 radical (unpaired) electrons. The molecule has 4 unspecified atom stereocenters. The van der Waals surface area contributed by atoms with Gasteiger partial charge in [-0.1, -0.05) is 0 Å². The summed E-state index contributed by atoms with van der Waals surface area (Å²) in [6, 6.07) is 0. The minimum Gasteiger partial charge on any atom is -0.394 e. The topological polar surface area (TPSA) is 367 Å². The maximum atomic E-state index is 14.4. The zero-order valence-electron chi connectivity index (χ0n) is 29.3. The first-order valence-electron chi connectivity index (χ1n) is 16.1. The highest BCUT2D eigenvalue weighted by atomic mass is 127. The van der Waals surface area contributed by atoms with E-state index in [1.165, 1.54) is 0 Å². The number of benzene rings is 2. The smallest absolute Gasteiger partial charge is 0.265 e. The van der Waals surface area contributed by atoms with Gasteiger partial charge in [-0.25, -0.2) is 0 Å². The van der Waals surface area contributed by atoms with Crippen LogP contribution in [0.4, 0.5) is 11.4 Å². The monoisotopic (exact) mass is 1490 g/mol. The SMILES string of the molecule is NC(=O)c1c(I)c(C(=O)NCC(O)CO)c(I)c(N(CC(O)CO)C(=O)C(O)C(=O)N(CC(O)CO)c2c(I)c(C(N)=O)c(I)c(C(=O)NCC(O)CO)c2I)c1I. The standard InChI is InChI=1S/C31H36I6N6O15/c32-17-13(26(38)53)19(34)23(21(36)15(17)28(55)40-1-9(48)5-44)42(3-11(50)7-46)30(57)25(52)31(58)43(4-12(51)8-47)24-20(35)14(27(39)54)18(33)16(22(24)37)29(56)41-2-10(49)6-45/h9-12,25,44-52H,1-8H2,(H2,38,53)(H2,39,54)(H,40,55)(H,41,56). The molecule has 2 rings (SSSR count). The van der Waals surface area contributed by atoms with E-state index >= 15 is 0 Å². The number of amides is 6. The van der Waals surface area contributed by atoms with Crippen LogP contribution >= 0.6 is 136 Å². The van der Waals surface area contributed by atoms with Crippen LogP contribution in [0.15, 0.2) is 0 Å². The molecule has 21 nitrogen and oxygen atoms in total. The van der Waals surface area contributed by atoms with E-state index < -0.39 is 119 Å². The van der Waals surface area contributed by atoms with Crippen LogP contribution < -0.4 is 31.9 Å². The van der Waals surface area contributed by atoms with Gasteiger partial charge in [0.15, 0.2) is 0 Å². The minimum absolute atomic E-state index is 0.0200. The quantitative estimate of drug-likeness (QED) is 0.0468. The second-order valence-corrected chi connectivity index (χ2v) is 18.3. The van der Waals surface area contributed by atoms with E-state index in [9.17, 15) is 74.7 Å². The average molecular weight is 1490 g/mol. The van der Waals surface area contributed by atoms with Crippen LogP contribution in [0.3, 0.4) is 0 Å². The Bertz CT molecular complexity index is 1800. The average Bonchev–Trinajstić information content (AvgIpc) is 3.16. The predicted molar refractivity (Wildman–Crippen MR) is 254 cm³/mol. The summed E-state index contributed by atoms with van der Waals surface area (Å²) in [5.41, 5.74) is 9.50. The summed E-state index contributed by atoms with van der Waals surface area (Å²) >= 11 is 9.78. The van der Waals surface area contributed by atoms with Crippen LogP contribution in [-0.4, -0.2) is 165 Å². The third-order valence-corrected chi connectivity index (χ3v) is 14.1. The Kier molecular flexibility index (Phi) is 22.3. The first-order valence-corrected chi connectivity index (χ1v) is 22.5. The molecule has 58 heavy (non-hydrogen) atoms. The predicted octanol–water partition coefficient (Wildman–Crippen LogP) is -2.89. The van der Waals surface area contributed by atoms with E-state index in [2.05, 4.69) is 10.6 Å². The van der Waals surface area contributed by atoms with Crippen LogP contribution in [-0.2, 0) is 9.59 Å². The van der Waals surface area contributed by atoms with Gasteiger partial charge in [-0.05, 0) is 136 Å². The number of hydrogen-bond acceptors (Lipinski definition) is 15. The fraction of sp³-hybridized carbons (Fsp3) is 0.419. The number of aliphatic hydroxyl groups is 9. The fourth-order valence-corrected chi connectivity index (χ4v) is 14.4. The molecule has 0 saturated heterocycles. The van der Waals surface area contributed by atoms with Crippen molar-refractivity contribution in [3.05, 3.63) is 43.7 Å². The molecule has 0 heterocycles. The van der Waals surface area contributed by atoms with Crippen molar-refractivity contribution in [2.45, 2.75) is 30.5 Å². The van der Waals surface area contributed by atoms with Crippen molar-refractivity contribution >= 4 is 182 Å². The summed E-state index contributed by atoms with van der Waals surface area (Å²) in [5.74, 6) is -7.09. The molecule has 0 aliphatic rings. The summed E-state index contributed by atoms with van der Waals surface area (Å²) in [6.45, 7) is -6.02. The lowest BCUT2D eigenvalue weighted by Crippen LogP contribution is -2.53. The van der Waals surface area contributed by atoms with Gasteiger partial charge < -0.3 is 77.9 Å². The number of nitrogens with one attached hydrogen (secondary N) is 2. The normalized spacial score (nSPS) is 13.8. The van der Waals surface area contributed by atoms with Gasteiger partial charge in [0.25, 0.3) is 35.4 Å². The third kappa shape index (κ3) is 12.7. The van der Waals surface area contributed by atoms with Gasteiger partial charge in [0.05, 0.1) is 112 Å². The molecule has 27 heteroatoms. The molecule has 2 aromatic rings. The second kappa shape index (κ2) is 24.2. The highest BCUT2D eigenvalue weighted by Gasteiger charge is 2.41. The Labute approximate surface area is 410 Å². The van der Waals surface area contributed by atoms with Gasteiger partial charge in [0.1, 0.15) is 0 Å². The number of hydrogen-bond donors (Lipinski definition) is 13. The number of nitrogens with two attached hydrogens (primary N) is 2. The third-order valence-electron chi connectivity index (χ3n) is 7.70. The zero-order valence-corrected chi connectivity index (χ0v) is 42.3. The molecule has 0 saturated carbocycles. The largest absolute Gasteiger partial charge is 0.394 e. The highest BCUT2D eigenvalue weighted by molar-refractivity contribution is 14.1. The number of primary amides is 2. The molecule has 0 spiro atoms. The summed E-state index contributed by atoms with van der Waals surface area (Å²) < 4.78 is -0.458. The lowest BCUT2D eigenvalue weighted by molar-refractivity contribution is -0.138. The first-order chi connectivity index (χ1) is 27.0. The van der Waals surface area contributed by atoms with Gasteiger partial charge in [-0.2, -0.15) is 0 Å². The highest BCUT2D eigenvalue weighted by Crippen LogP contribution is 2.40. The molecule has 15 N–H and O–H groups in total. The molecule has 2 aromatic carbocycles. The molecule has 0 aliphatic heterocycles. The minimum atomic E-state index is -2.79. The Morgan fingerprint density at radius 1 is 0.483 bits per heavy atom. The Morgan fingerprint density at radius 2 is 0.759 bits per heavy atom. The van der Waals surface area contributed by atoms with Crippen molar-refractivity contribution < 1.29 is 74.7 Å². The van der Waals surface area contributed by atoms with E-state index in [-0.39, 0.29) is 55.0 Å². The van der Waals surface area contributed by atoms with E-state index in [1.807, 2.05) is 0 Å². The van der Waals surface area contributed by atoms with E-state index in [0.717, 1.165) is 0 Å². The lowest BCUT2D eigenvalue weighted by atomic mass is 10.0. The van der Waals surface area contributed by atoms with Crippen LogP contribution in [0.5, 0.6) is 0 Å². The summed E-state index contributed by atoms with van der Waals surface area (Å²) in [5, 5.41) is 95.2. The molecule has 6 amide bonds. The van der Waals surface area contributed by atoms with Crippen molar-refractivity contribution in [3.63, 3.8) is 0 Å². The van der Waals surface area contributed by atoms with Gasteiger partial charge in [0, 0.05) is 20.2 Å². The number of carbonyl (C=O) groups excluding carboxylic acids is 6. The fourth-order valence-electron chi connectivity index (χ4n) is 4.85. The molecule has 322 valence electrons. The van der Waals surface area contributed by atoms with Crippen molar-refractivity contribution in [1.82, 2.24) is 10.6 Å². The Hall–Kier alpha value is -0.720. The molecule has 4 atom stereocenters. The Morgan fingerprint density at radius 3 is 1.02 bits per heavy atom. The van der Waals surface area contributed by atoms with Gasteiger partial charge in [0.2, 0.25) is 6.10 Å². The number of halogens is 6. The second-order valence-electron chi connectivity index (χ2n) is 11.9. The van der Waals surface area contributed by atoms with Crippen LogP contribution in [0, 0.1) is 21.4 Å². The first kappa shape index (κ1) is 53.4. The van der Waals surface area contributed by atoms with E-state index in [1.54, 1.807) is 136 Å². The summed E-state index contributed by atoms with van der Waals surface area (Å²) in [7, 11) is 0. The lowest BCUT2D eigenvalue weighted by Gasteiger charge is -2.33. The molecule has 0 fully saturated rings. The van der Waals surface area contributed by atoms with Gasteiger partial charge in [-0.15, -0.1) is 0 Å². The van der Waals surface area contributed by atoms with Gasteiger partial charge >= 0.3 is 0 Å². The maximum Gasteiger partial charge on any atom is 0.265 e. The Balaban J connectivity index is 2.98. The number of nitrogens with zero attached hydrogens (tertiary/aromatic N) is 2. The molecule has 0 bridgehead atoms. The van der Waals surface area contributed by atoms with Crippen LogP contribution in [0.1, 0.15) is 41.4 Å². The van der Waals surface area contributed by atoms with Crippen molar-refractivity contribution in [2.24, 2.45) is 11.5 Å². The molecule has 0 aromatic heterocycles. The van der Waals surface area contributed by atoms with Crippen molar-refractivity contribution in [1.29, 1.82) is 0 Å². The van der Waals surface area contributed by atoms with Crippen LogP contribution in [0.2, 0.25) is 0 Å². The number of anilines is 2. The van der Waals surface area contributed by atoms with Gasteiger partial charge in [-0.3, -0.25) is 28.8 Å². The van der Waals surface area contributed by atoms with E-state index in [0.29, 0.717) is 9.80 Å². The molecular formula is C31H36I6N6O15. The zero-order chi connectivity index (χ0) is 44.5.